The first-order chi connectivity index (χ1) is 56.3. The number of carbonyl (C=O) groups is 1. The molecule has 0 saturated carbocycles. The van der Waals surface area contributed by atoms with Crippen LogP contribution in [0, 0.1) is 68.5 Å². The zero-order valence-electron chi connectivity index (χ0n) is 69.6. The SMILES string of the molecule is C.Cc1ccc(O[C@H]2CCN(c3ccc(-c4ccccc4C)cc3C=O)C2)nc1.Cc1ccc(O[C@H]2CCN(c3ccc(-c4ccccc4C)cc3CO)C2)nc1.Cc1ccccc1B(O)O.[B].[C-]#[N+]c1cc(-c2ccccc2C)ccc1N1CC[C@H](Oc2ccc(C)cn2)C1.[C-]#[N+]c1cc(Br)ccc1N1CC[C@H](Oc2ccc(C)cn2)C1.[H-].[Na+]. The Hall–Kier alpha value is -11.1. The van der Waals surface area contributed by atoms with E-state index in [2.05, 4.69) is 171 Å². The number of aliphatic hydroxyl groups is 1. The summed E-state index contributed by atoms with van der Waals surface area (Å²) in [7, 11) is -1.35. The molecule has 8 heterocycles. The number of nitrogens with zero attached hydrogens (tertiary/aromatic N) is 10. The Morgan fingerprint density at radius 2 is 0.765 bits per heavy atom. The number of aliphatic hydroxyl groups excluding tert-OH is 1. The van der Waals surface area contributed by atoms with Crippen molar-refractivity contribution in [2.24, 2.45) is 0 Å². The summed E-state index contributed by atoms with van der Waals surface area (Å²) >= 11 is 3.41. The Morgan fingerprint density at radius 3 is 1.11 bits per heavy atom. The molecule has 4 aliphatic heterocycles. The van der Waals surface area contributed by atoms with Crippen LogP contribution in [0.1, 0.15) is 95.0 Å². The van der Waals surface area contributed by atoms with Crippen molar-refractivity contribution in [1.82, 2.24) is 19.9 Å². The number of anilines is 4. The van der Waals surface area contributed by atoms with Crippen molar-refractivity contribution in [3.8, 4) is 56.9 Å². The molecule has 16 rings (SSSR count). The topological polar surface area (TPSA) is 188 Å². The van der Waals surface area contributed by atoms with E-state index in [4.69, 9.17) is 42.1 Å². The van der Waals surface area contributed by atoms with Crippen molar-refractivity contribution >= 4 is 77.3 Å². The van der Waals surface area contributed by atoms with Gasteiger partial charge in [0.25, 0.3) is 0 Å². The van der Waals surface area contributed by atoms with Crippen LogP contribution in [-0.4, -0.2) is 134 Å². The molecule has 12 aromatic rings. The largest absolute Gasteiger partial charge is 1.00 e. The summed E-state index contributed by atoms with van der Waals surface area (Å²) in [6, 6.07) is 72.2. The summed E-state index contributed by atoms with van der Waals surface area (Å²) in [6.45, 7) is 37.8. The van der Waals surface area contributed by atoms with Crippen LogP contribution in [0.15, 0.2) is 248 Å². The number of aryl methyl sites for hydroxylation is 8. The summed E-state index contributed by atoms with van der Waals surface area (Å²) in [5, 5.41) is 27.5. The fourth-order valence-electron chi connectivity index (χ4n) is 14.7. The summed E-state index contributed by atoms with van der Waals surface area (Å²) in [5.41, 5.74) is 23.5. The Labute approximate surface area is 736 Å². The first kappa shape index (κ1) is 91.8. The predicted octanol–water partition coefficient (Wildman–Crippen LogP) is 16.3. The Bertz CT molecular complexity index is 5400. The molecule has 3 N–H and O–H groups in total. The van der Waals surface area contributed by atoms with Crippen LogP contribution >= 0.6 is 15.9 Å². The third-order valence-electron chi connectivity index (χ3n) is 21.0. The maximum Gasteiger partial charge on any atom is 1.00 e. The molecule has 0 amide bonds. The third kappa shape index (κ3) is 25.0. The molecule has 603 valence electrons. The minimum atomic E-state index is -1.35. The number of aldehydes is 1. The number of hydrogen-bond acceptors (Lipinski definition) is 16. The van der Waals surface area contributed by atoms with Gasteiger partial charge in [0, 0.05) is 148 Å². The summed E-state index contributed by atoms with van der Waals surface area (Å²) in [4.78, 5) is 45.5. The van der Waals surface area contributed by atoms with Gasteiger partial charge in [-0.05, 0) is 188 Å². The quantitative estimate of drug-likeness (QED) is 0.0418. The summed E-state index contributed by atoms with van der Waals surface area (Å²) < 4.78 is 25.0. The maximum absolute atomic E-state index is 11.8. The van der Waals surface area contributed by atoms with E-state index in [1.54, 1.807) is 12.1 Å². The summed E-state index contributed by atoms with van der Waals surface area (Å²) in [6.07, 6.45) is 12.3. The van der Waals surface area contributed by atoms with Crippen molar-refractivity contribution in [3.05, 3.63) is 326 Å². The molecular formula is C97H103B2BrN10NaO8. The van der Waals surface area contributed by atoms with Crippen molar-refractivity contribution in [3.63, 3.8) is 0 Å². The number of aromatic nitrogens is 4. The van der Waals surface area contributed by atoms with Crippen LogP contribution in [0.4, 0.5) is 34.1 Å². The normalized spacial score (nSPS) is 15.4. The van der Waals surface area contributed by atoms with E-state index in [9.17, 15) is 9.90 Å². The van der Waals surface area contributed by atoms with E-state index < -0.39 is 7.12 Å². The predicted molar refractivity (Wildman–Crippen MR) is 483 cm³/mol. The molecule has 4 aromatic heterocycles. The maximum atomic E-state index is 11.8. The second-order valence-electron chi connectivity index (χ2n) is 29.7. The number of ether oxygens (including phenoxy) is 4. The van der Waals surface area contributed by atoms with Crippen LogP contribution in [0.2, 0.25) is 0 Å². The molecule has 119 heavy (non-hydrogen) atoms. The van der Waals surface area contributed by atoms with Gasteiger partial charge < -0.3 is 55.1 Å². The molecule has 4 atom stereocenters. The van der Waals surface area contributed by atoms with E-state index in [-0.39, 0.29) is 77.8 Å². The number of hydrogen-bond donors (Lipinski definition) is 3. The number of pyridine rings is 4. The van der Waals surface area contributed by atoms with Crippen molar-refractivity contribution in [1.29, 1.82) is 0 Å². The van der Waals surface area contributed by atoms with E-state index in [0.717, 1.165) is 173 Å². The molecule has 0 bridgehead atoms. The average Bonchev–Trinajstić information content (AvgIpc) is 1.41. The Morgan fingerprint density at radius 1 is 0.437 bits per heavy atom. The molecule has 4 saturated heterocycles. The zero-order valence-corrected chi connectivity index (χ0v) is 72.1. The molecule has 8 aromatic carbocycles. The molecule has 0 unspecified atom stereocenters. The van der Waals surface area contributed by atoms with Crippen LogP contribution in [0.25, 0.3) is 43.1 Å². The van der Waals surface area contributed by atoms with Gasteiger partial charge in [0.2, 0.25) is 34.9 Å². The zero-order chi connectivity index (χ0) is 81.6. The molecule has 0 aliphatic carbocycles. The monoisotopic (exact) mass is 1660 g/mol. The van der Waals surface area contributed by atoms with Crippen molar-refractivity contribution in [2.45, 2.75) is 120 Å². The fourth-order valence-corrected chi connectivity index (χ4v) is 15.1. The van der Waals surface area contributed by atoms with E-state index in [1.807, 2.05) is 181 Å². The number of carbonyl (C=O) groups excluding carboxylic acids is 1. The van der Waals surface area contributed by atoms with Gasteiger partial charge in [-0.25, -0.2) is 29.6 Å². The molecule has 18 nitrogen and oxygen atoms in total. The van der Waals surface area contributed by atoms with Crippen molar-refractivity contribution < 1.29 is 69.9 Å². The summed E-state index contributed by atoms with van der Waals surface area (Å²) in [5.74, 6) is 2.66. The third-order valence-corrected chi connectivity index (χ3v) is 21.5. The first-order valence-corrected chi connectivity index (χ1v) is 40.1. The van der Waals surface area contributed by atoms with Gasteiger partial charge in [0.15, 0.2) is 6.29 Å². The van der Waals surface area contributed by atoms with Gasteiger partial charge in [-0.15, -0.1) is 0 Å². The van der Waals surface area contributed by atoms with Gasteiger partial charge in [-0.1, -0.05) is 168 Å². The standard InChI is InChI=1S/C24H23N3O.C24H26N2O2.C24H24N2O2.C17H16BrN3O.C7H9BO2.CH4.B.Na.H/c1-17-8-11-24(26-15-17)28-20-12-13-27(16-20)23-10-9-19(14-22(23)25-3)21-7-5-4-6-18(21)2;2*1-17-7-10-24(25-14-17)28-21-11-12-26(15-21)23-9-8-19(13-20(23)16-27)22-6-4-3-5-18(22)2;1-12-3-6-17(20-10-12)22-14-7-8-21(11-14)16-5-4-13(18)9-15(16)19-2;1-6-4-2-3-5-7(6)8(9)10;;;;/h4-11,14-15,20H,12-13,16H2,1-2H3;3-10,13-14,21,27H,11-12,15-16H2,1-2H3;3-10,13-14,16,21H,11-12,15H2,1-2H3;3-6,9-10,14H,7-8,11H2,1H3;2-5,9-10H,1H3;1H4;;;/q;;;;;;;+1;-1/t20-;2*21-;14-;;;;;/m0000...../s1. The smallest absolute Gasteiger partial charge is 1.00 e. The van der Waals surface area contributed by atoms with Gasteiger partial charge in [0.1, 0.15) is 24.4 Å². The Kier molecular flexibility index (Phi) is 34.4. The van der Waals surface area contributed by atoms with Gasteiger partial charge in [-0.2, -0.15) is 0 Å². The van der Waals surface area contributed by atoms with Crippen LogP contribution in [0.5, 0.6) is 23.5 Å². The average molecular weight is 1660 g/mol. The van der Waals surface area contributed by atoms with E-state index in [0.29, 0.717) is 40.4 Å². The second-order valence-corrected chi connectivity index (χ2v) is 30.6. The number of benzene rings is 8. The molecule has 3 radical (unpaired) electrons. The van der Waals surface area contributed by atoms with Crippen LogP contribution in [0.3, 0.4) is 0 Å². The fraction of sp³-hybridized carbons (Fsp3) is 0.268. The number of halogens is 1. The second kappa shape index (κ2) is 44.6. The van der Waals surface area contributed by atoms with Crippen LogP contribution in [-0.2, 0) is 6.61 Å². The van der Waals surface area contributed by atoms with Gasteiger partial charge in [-0.3, -0.25) is 4.79 Å². The molecule has 4 fully saturated rings. The molecule has 0 spiro atoms. The molecule has 22 heteroatoms. The van der Waals surface area contributed by atoms with Gasteiger partial charge in [0.05, 0.1) is 45.9 Å². The van der Waals surface area contributed by atoms with Crippen molar-refractivity contribution in [2.75, 3.05) is 72.0 Å². The van der Waals surface area contributed by atoms with Gasteiger partial charge >= 0.3 is 36.7 Å². The minimum absolute atomic E-state index is 0. The number of rotatable bonds is 18. The van der Waals surface area contributed by atoms with E-state index in [1.165, 1.54) is 27.8 Å². The first-order valence-electron chi connectivity index (χ1n) is 39.3. The van der Waals surface area contributed by atoms with Crippen LogP contribution < -0.4 is 73.6 Å². The Balaban J connectivity index is 0.000000190. The molecular weight excluding hydrogens is 1560 g/mol. The minimum Gasteiger partial charge on any atom is -1.00 e. The molecule has 4 aliphatic rings. The van der Waals surface area contributed by atoms with E-state index >= 15 is 0 Å².